The van der Waals surface area contributed by atoms with Crippen LogP contribution in [0.1, 0.15) is 67.2 Å². The van der Waals surface area contributed by atoms with Crippen molar-refractivity contribution in [3.8, 4) is 0 Å². The fraction of sp³-hybridized carbons (Fsp3) is 0.850. The van der Waals surface area contributed by atoms with E-state index in [0.717, 1.165) is 25.7 Å². The Morgan fingerprint density at radius 2 is 1.84 bits per heavy atom. The standard InChI is InChI=1S/C20H32O5/c1-7-12(2)17(21)23-15-13(18(3,4)22)8-10-19(5)14(24-19)9-11-20(6)16(15)25-20/h7,13-16,22H,8-11H2,1-6H3. The number of hydrogen-bond donors (Lipinski definition) is 1. The Balaban J connectivity index is 1.87. The molecule has 1 N–H and O–H groups in total. The van der Waals surface area contributed by atoms with Crippen LogP contribution in [0.2, 0.25) is 0 Å². The second kappa shape index (κ2) is 6.07. The maximum absolute atomic E-state index is 12.4. The van der Waals surface area contributed by atoms with Gasteiger partial charge >= 0.3 is 5.97 Å². The van der Waals surface area contributed by atoms with Crippen LogP contribution in [0, 0.1) is 5.92 Å². The van der Waals surface area contributed by atoms with Gasteiger partial charge in [0.05, 0.1) is 22.9 Å². The van der Waals surface area contributed by atoms with E-state index < -0.39 is 11.7 Å². The normalized spacial score (nSPS) is 44.4. The zero-order valence-corrected chi connectivity index (χ0v) is 16.3. The highest BCUT2D eigenvalue weighted by atomic mass is 16.6. The molecule has 0 aromatic heterocycles. The van der Waals surface area contributed by atoms with Crippen LogP contribution in [-0.2, 0) is 19.0 Å². The monoisotopic (exact) mass is 352 g/mol. The molecular formula is C20H32O5. The van der Waals surface area contributed by atoms with Crippen LogP contribution in [0.25, 0.3) is 0 Å². The Hall–Kier alpha value is -0.910. The van der Waals surface area contributed by atoms with Crippen LogP contribution >= 0.6 is 0 Å². The van der Waals surface area contributed by atoms with E-state index in [9.17, 15) is 9.90 Å². The van der Waals surface area contributed by atoms with Gasteiger partial charge in [-0.05, 0) is 67.2 Å². The van der Waals surface area contributed by atoms with E-state index in [0.29, 0.717) is 5.57 Å². The molecule has 5 heteroatoms. The van der Waals surface area contributed by atoms with Crippen molar-refractivity contribution in [1.82, 2.24) is 0 Å². The summed E-state index contributed by atoms with van der Waals surface area (Å²) in [6, 6.07) is 0. The first kappa shape index (κ1) is 18.9. The van der Waals surface area contributed by atoms with E-state index >= 15 is 0 Å². The van der Waals surface area contributed by atoms with Crippen molar-refractivity contribution in [3.63, 3.8) is 0 Å². The Morgan fingerprint density at radius 3 is 2.44 bits per heavy atom. The molecule has 3 rings (SSSR count). The summed E-state index contributed by atoms with van der Waals surface area (Å²) in [7, 11) is 0. The van der Waals surface area contributed by atoms with Gasteiger partial charge in [-0.3, -0.25) is 0 Å². The fourth-order valence-electron chi connectivity index (χ4n) is 4.22. The van der Waals surface area contributed by atoms with Gasteiger partial charge in [0.25, 0.3) is 0 Å². The van der Waals surface area contributed by atoms with Gasteiger partial charge in [0.1, 0.15) is 12.2 Å². The first-order chi connectivity index (χ1) is 11.5. The molecule has 1 aliphatic carbocycles. The zero-order valence-electron chi connectivity index (χ0n) is 16.3. The third kappa shape index (κ3) is 3.64. The Labute approximate surface area is 150 Å². The molecule has 0 aromatic carbocycles. The lowest BCUT2D eigenvalue weighted by atomic mass is 9.76. The van der Waals surface area contributed by atoms with Crippen LogP contribution in [0.5, 0.6) is 0 Å². The molecule has 0 radical (unpaired) electrons. The van der Waals surface area contributed by atoms with Crippen molar-refractivity contribution in [1.29, 1.82) is 0 Å². The smallest absolute Gasteiger partial charge is 0.333 e. The maximum atomic E-state index is 12.4. The molecule has 0 bridgehead atoms. The fourth-order valence-corrected chi connectivity index (χ4v) is 4.22. The molecule has 1 saturated carbocycles. The molecule has 0 aromatic rings. The van der Waals surface area contributed by atoms with Gasteiger partial charge in [-0.2, -0.15) is 0 Å². The lowest BCUT2D eigenvalue weighted by molar-refractivity contribution is -0.155. The summed E-state index contributed by atoms with van der Waals surface area (Å²) in [4.78, 5) is 12.4. The third-order valence-corrected chi connectivity index (χ3v) is 6.43. The largest absolute Gasteiger partial charge is 0.456 e. The SMILES string of the molecule is CC=C(C)C(=O)OC1C(C(C)(C)O)CCC2(C)OC2CCC2(C)OC12. The van der Waals surface area contributed by atoms with Gasteiger partial charge in [-0.25, -0.2) is 4.79 Å². The van der Waals surface area contributed by atoms with Crippen molar-refractivity contribution < 1.29 is 24.1 Å². The molecule has 6 unspecified atom stereocenters. The first-order valence-electron chi connectivity index (χ1n) is 9.42. The van der Waals surface area contributed by atoms with Gasteiger partial charge in [0, 0.05) is 11.5 Å². The highest BCUT2D eigenvalue weighted by molar-refractivity contribution is 5.87. The highest BCUT2D eigenvalue weighted by Gasteiger charge is 2.63. The topological polar surface area (TPSA) is 71.6 Å². The number of carbonyl (C=O) groups is 1. The van der Waals surface area contributed by atoms with Gasteiger partial charge in [-0.1, -0.05) is 6.08 Å². The van der Waals surface area contributed by atoms with Gasteiger partial charge < -0.3 is 19.3 Å². The summed E-state index contributed by atoms with van der Waals surface area (Å²) in [5.74, 6) is -0.531. The highest BCUT2D eigenvalue weighted by Crippen LogP contribution is 2.53. The first-order valence-corrected chi connectivity index (χ1v) is 9.42. The summed E-state index contributed by atoms with van der Waals surface area (Å²) >= 11 is 0. The molecule has 142 valence electrons. The molecule has 0 amide bonds. The van der Waals surface area contributed by atoms with E-state index in [2.05, 4.69) is 13.8 Å². The van der Waals surface area contributed by atoms with Crippen LogP contribution < -0.4 is 0 Å². The third-order valence-electron chi connectivity index (χ3n) is 6.43. The lowest BCUT2D eigenvalue weighted by Gasteiger charge is -2.36. The minimum atomic E-state index is -0.971. The summed E-state index contributed by atoms with van der Waals surface area (Å²) in [5.41, 5.74) is -0.814. The van der Waals surface area contributed by atoms with Crippen LogP contribution in [-0.4, -0.2) is 46.2 Å². The molecule has 3 fully saturated rings. The minimum Gasteiger partial charge on any atom is -0.456 e. The number of esters is 1. The molecule has 2 saturated heterocycles. The molecule has 2 aliphatic heterocycles. The summed E-state index contributed by atoms with van der Waals surface area (Å²) in [5, 5.41) is 10.8. The van der Waals surface area contributed by atoms with E-state index in [-0.39, 0.29) is 35.3 Å². The predicted octanol–water partition coefficient (Wildman–Crippen LogP) is 3.14. The maximum Gasteiger partial charge on any atom is 0.333 e. The Bertz CT molecular complexity index is 577. The number of hydrogen-bond acceptors (Lipinski definition) is 5. The van der Waals surface area contributed by atoms with E-state index in [1.807, 2.05) is 6.92 Å². The average Bonchev–Trinajstić information content (AvgIpc) is 3.37. The number of rotatable bonds is 3. The molecule has 3 aliphatic rings. The average molecular weight is 352 g/mol. The summed E-state index contributed by atoms with van der Waals surface area (Å²) in [6.45, 7) is 11.4. The number of allylic oxidation sites excluding steroid dienone is 1. The Morgan fingerprint density at radius 1 is 1.20 bits per heavy atom. The second-order valence-electron chi connectivity index (χ2n) is 8.95. The van der Waals surface area contributed by atoms with Crippen LogP contribution in [0.3, 0.4) is 0 Å². The number of epoxide rings is 2. The molecular weight excluding hydrogens is 320 g/mol. The predicted molar refractivity (Wildman–Crippen MR) is 94.1 cm³/mol. The van der Waals surface area contributed by atoms with E-state index in [4.69, 9.17) is 14.2 Å². The molecule has 0 spiro atoms. The summed E-state index contributed by atoms with van der Waals surface area (Å²) < 4.78 is 17.8. The second-order valence-corrected chi connectivity index (χ2v) is 8.95. The van der Waals surface area contributed by atoms with Gasteiger partial charge in [0.2, 0.25) is 0 Å². The number of carbonyl (C=O) groups excluding carboxylic acids is 1. The van der Waals surface area contributed by atoms with Gasteiger partial charge in [-0.15, -0.1) is 0 Å². The van der Waals surface area contributed by atoms with Crippen molar-refractivity contribution in [3.05, 3.63) is 11.6 Å². The Kier molecular flexibility index (Phi) is 4.58. The number of fused-ring (bicyclic) bond motifs is 2. The molecule has 5 nitrogen and oxygen atoms in total. The van der Waals surface area contributed by atoms with E-state index in [1.54, 1.807) is 26.8 Å². The van der Waals surface area contributed by atoms with Crippen LogP contribution in [0.15, 0.2) is 11.6 Å². The molecule has 6 atom stereocenters. The van der Waals surface area contributed by atoms with Crippen molar-refractivity contribution in [2.75, 3.05) is 0 Å². The van der Waals surface area contributed by atoms with E-state index in [1.165, 1.54) is 0 Å². The minimum absolute atomic E-state index is 0.116. The number of aliphatic hydroxyl groups is 1. The van der Waals surface area contributed by atoms with Crippen molar-refractivity contribution in [2.24, 2.45) is 5.92 Å². The molecule has 2 heterocycles. The van der Waals surface area contributed by atoms with Gasteiger partial charge in [0.15, 0.2) is 0 Å². The zero-order chi connectivity index (χ0) is 18.6. The quantitative estimate of drug-likeness (QED) is 0.480. The number of ether oxygens (including phenoxy) is 3. The summed E-state index contributed by atoms with van der Waals surface area (Å²) in [6.07, 6.45) is 4.84. The van der Waals surface area contributed by atoms with Crippen LogP contribution in [0.4, 0.5) is 0 Å². The lowest BCUT2D eigenvalue weighted by Crippen LogP contribution is -2.46. The van der Waals surface area contributed by atoms with Crippen molar-refractivity contribution >= 4 is 5.97 Å². The molecule has 25 heavy (non-hydrogen) atoms. The van der Waals surface area contributed by atoms with Crippen molar-refractivity contribution in [2.45, 2.75) is 102 Å².